The number of phenolic OH excluding ortho intramolecular Hbond substituents is 1. The number of carbonyl (C=O) groups is 1. The SMILES string of the molecule is COc1ccc(C(=O)Nc2c(C)cccc2Cl)c(O)c1. The molecule has 104 valence electrons. The van der Waals surface area contributed by atoms with Crippen molar-refractivity contribution in [3.8, 4) is 11.5 Å². The van der Waals surface area contributed by atoms with E-state index in [1.165, 1.54) is 19.2 Å². The maximum absolute atomic E-state index is 12.2. The fourth-order valence-electron chi connectivity index (χ4n) is 1.80. The number of anilines is 1. The molecule has 1 amide bonds. The van der Waals surface area contributed by atoms with E-state index in [0.29, 0.717) is 16.5 Å². The van der Waals surface area contributed by atoms with Gasteiger partial charge in [0.25, 0.3) is 5.91 Å². The lowest BCUT2D eigenvalue weighted by Gasteiger charge is -2.11. The number of phenols is 1. The standard InChI is InChI=1S/C15H14ClNO3/c1-9-4-3-5-12(16)14(9)17-15(19)11-7-6-10(20-2)8-13(11)18/h3-8,18H,1-2H3,(H,17,19). The summed E-state index contributed by atoms with van der Waals surface area (Å²) in [5.41, 5.74) is 1.54. The highest BCUT2D eigenvalue weighted by Gasteiger charge is 2.14. The summed E-state index contributed by atoms with van der Waals surface area (Å²) in [4.78, 5) is 12.2. The number of nitrogens with one attached hydrogen (secondary N) is 1. The number of hydrogen-bond acceptors (Lipinski definition) is 3. The summed E-state index contributed by atoms with van der Waals surface area (Å²) in [6.07, 6.45) is 0. The van der Waals surface area contributed by atoms with Crippen molar-refractivity contribution < 1.29 is 14.6 Å². The maximum Gasteiger partial charge on any atom is 0.259 e. The van der Waals surface area contributed by atoms with Gasteiger partial charge in [0.05, 0.1) is 23.4 Å². The van der Waals surface area contributed by atoms with Crippen LogP contribution in [0.3, 0.4) is 0 Å². The van der Waals surface area contributed by atoms with Crippen LogP contribution >= 0.6 is 11.6 Å². The Labute approximate surface area is 122 Å². The Kier molecular flexibility index (Phi) is 4.15. The minimum Gasteiger partial charge on any atom is -0.507 e. The molecule has 0 fully saturated rings. The van der Waals surface area contributed by atoms with Crippen molar-refractivity contribution in [1.29, 1.82) is 0 Å². The summed E-state index contributed by atoms with van der Waals surface area (Å²) in [6, 6.07) is 9.82. The van der Waals surface area contributed by atoms with Crippen LogP contribution in [0.25, 0.3) is 0 Å². The van der Waals surface area contributed by atoms with Gasteiger partial charge >= 0.3 is 0 Å². The largest absolute Gasteiger partial charge is 0.507 e. The molecule has 0 unspecified atom stereocenters. The van der Waals surface area contributed by atoms with Gasteiger partial charge in [0, 0.05) is 6.07 Å². The highest BCUT2D eigenvalue weighted by molar-refractivity contribution is 6.34. The van der Waals surface area contributed by atoms with Gasteiger partial charge in [-0.1, -0.05) is 23.7 Å². The van der Waals surface area contributed by atoms with E-state index >= 15 is 0 Å². The topological polar surface area (TPSA) is 58.6 Å². The van der Waals surface area contributed by atoms with E-state index in [2.05, 4.69) is 5.32 Å². The van der Waals surface area contributed by atoms with Crippen molar-refractivity contribution in [2.24, 2.45) is 0 Å². The van der Waals surface area contributed by atoms with Gasteiger partial charge in [0.1, 0.15) is 11.5 Å². The number of halogens is 1. The molecule has 0 radical (unpaired) electrons. The first kappa shape index (κ1) is 14.2. The Balaban J connectivity index is 2.29. The molecule has 2 N–H and O–H groups in total. The average molecular weight is 292 g/mol. The van der Waals surface area contributed by atoms with E-state index in [-0.39, 0.29) is 11.3 Å². The lowest BCUT2D eigenvalue weighted by Crippen LogP contribution is -2.13. The molecule has 4 nitrogen and oxygen atoms in total. The van der Waals surface area contributed by atoms with Gasteiger partial charge in [-0.15, -0.1) is 0 Å². The molecule has 0 saturated carbocycles. The van der Waals surface area contributed by atoms with Crippen LogP contribution in [-0.2, 0) is 0 Å². The molecule has 0 aliphatic rings. The number of para-hydroxylation sites is 1. The maximum atomic E-state index is 12.2. The van der Waals surface area contributed by atoms with Crippen molar-refractivity contribution in [3.63, 3.8) is 0 Å². The first-order valence-electron chi connectivity index (χ1n) is 5.96. The smallest absolute Gasteiger partial charge is 0.259 e. The third-order valence-electron chi connectivity index (χ3n) is 2.91. The zero-order chi connectivity index (χ0) is 14.7. The molecular weight excluding hydrogens is 278 g/mol. The van der Waals surface area contributed by atoms with Gasteiger partial charge in [-0.05, 0) is 30.7 Å². The highest BCUT2D eigenvalue weighted by Crippen LogP contribution is 2.28. The molecule has 0 saturated heterocycles. The zero-order valence-electron chi connectivity index (χ0n) is 11.1. The van der Waals surface area contributed by atoms with E-state index < -0.39 is 5.91 Å². The van der Waals surface area contributed by atoms with Crippen LogP contribution in [0, 0.1) is 6.92 Å². The Morgan fingerprint density at radius 1 is 1.30 bits per heavy atom. The molecule has 0 aromatic heterocycles. The normalized spacial score (nSPS) is 10.2. The number of amides is 1. The number of rotatable bonds is 3. The fraction of sp³-hybridized carbons (Fsp3) is 0.133. The molecule has 0 bridgehead atoms. The second kappa shape index (κ2) is 5.84. The van der Waals surface area contributed by atoms with E-state index in [1.807, 2.05) is 13.0 Å². The second-order valence-corrected chi connectivity index (χ2v) is 4.68. The van der Waals surface area contributed by atoms with Gasteiger partial charge in [0.15, 0.2) is 0 Å². The van der Waals surface area contributed by atoms with Gasteiger partial charge < -0.3 is 15.2 Å². The predicted molar refractivity (Wildman–Crippen MR) is 78.8 cm³/mol. The second-order valence-electron chi connectivity index (χ2n) is 4.27. The van der Waals surface area contributed by atoms with Crippen molar-refractivity contribution in [2.45, 2.75) is 6.92 Å². The van der Waals surface area contributed by atoms with Crippen LogP contribution < -0.4 is 10.1 Å². The third kappa shape index (κ3) is 2.86. The number of aromatic hydroxyl groups is 1. The Morgan fingerprint density at radius 2 is 2.05 bits per heavy atom. The number of methoxy groups -OCH3 is 1. The number of ether oxygens (including phenoxy) is 1. The highest BCUT2D eigenvalue weighted by atomic mass is 35.5. The minimum absolute atomic E-state index is 0.147. The number of carbonyl (C=O) groups excluding carboxylic acids is 1. The fourth-order valence-corrected chi connectivity index (χ4v) is 2.07. The average Bonchev–Trinajstić information content (AvgIpc) is 2.42. The van der Waals surface area contributed by atoms with Crippen LogP contribution in [0.5, 0.6) is 11.5 Å². The summed E-state index contributed by atoms with van der Waals surface area (Å²) in [7, 11) is 1.49. The predicted octanol–water partition coefficient (Wildman–Crippen LogP) is 3.61. The third-order valence-corrected chi connectivity index (χ3v) is 3.22. The molecule has 2 aromatic carbocycles. The van der Waals surface area contributed by atoms with Crippen molar-refractivity contribution in [2.75, 3.05) is 12.4 Å². The number of benzene rings is 2. The molecule has 5 heteroatoms. The van der Waals surface area contributed by atoms with Crippen LogP contribution in [-0.4, -0.2) is 18.1 Å². The number of aryl methyl sites for hydroxylation is 1. The molecule has 20 heavy (non-hydrogen) atoms. The van der Waals surface area contributed by atoms with Gasteiger partial charge in [0.2, 0.25) is 0 Å². The summed E-state index contributed by atoms with van der Waals surface area (Å²) in [5, 5.41) is 13.0. The van der Waals surface area contributed by atoms with Crippen LogP contribution in [0.1, 0.15) is 15.9 Å². The van der Waals surface area contributed by atoms with Crippen LogP contribution in [0.4, 0.5) is 5.69 Å². The van der Waals surface area contributed by atoms with E-state index in [9.17, 15) is 9.90 Å². The quantitative estimate of drug-likeness (QED) is 0.908. The van der Waals surface area contributed by atoms with Gasteiger partial charge in [-0.25, -0.2) is 0 Å². The van der Waals surface area contributed by atoms with E-state index in [1.54, 1.807) is 18.2 Å². The summed E-state index contributed by atoms with van der Waals surface area (Å²) in [6.45, 7) is 1.84. The zero-order valence-corrected chi connectivity index (χ0v) is 11.9. The van der Waals surface area contributed by atoms with Gasteiger partial charge in [-0.3, -0.25) is 4.79 Å². The molecule has 0 atom stereocenters. The molecule has 0 spiro atoms. The monoisotopic (exact) mass is 291 g/mol. The first-order valence-corrected chi connectivity index (χ1v) is 6.34. The molecule has 2 aromatic rings. The molecule has 0 aliphatic heterocycles. The lowest BCUT2D eigenvalue weighted by atomic mass is 10.1. The van der Waals surface area contributed by atoms with Crippen molar-refractivity contribution in [3.05, 3.63) is 52.5 Å². The Morgan fingerprint density at radius 3 is 2.65 bits per heavy atom. The van der Waals surface area contributed by atoms with Crippen molar-refractivity contribution in [1.82, 2.24) is 0 Å². The lowest BCUT2D eigenvalue weighted by molar-refractivity contribution is 0.102. The summed E-state index contributed by atoms with van der Waals surface area (Å²) >= 11 is 6.05. The molecule has 0 aliphatic carbocycles. The molecule has 2 rings (SSSR count). The van der Waals surface area contributed by atoms with E-state index in [4.69, 9.17) is 16.3 Å². The summed E-state index contributed by atoms with van der Waals surface area (Å²) < 4.78 is 4.97. The molecule has 0 heterocycles. The molecular formula is C15H14ClNO3. The summed E-state index contributed by atoms with van der Waals surface area (Å²) in [5.74, 6) is -0.0964. The van der Waals surface area contributed by atoms with Gasteiger partial charge in [-0.2, -0.15) is 0 Å². The first-order chi connectivity index (χ1) is 9.52. The van der Waals surface area contributed by atoms with E-state index in [0.717, 1.165) is 5.56 Å². The van der Waals surface area contributed by atoms with Crippen molar-refractivity contribution >= 4 is 23.2 Å². The number of hydrogen-bond donors (Lipinski definition) is 2. The Hall–Kier alpha value is -2.20. The Bertz CT molecular complexity index is 635. The van der Waals surface area contributed by atoms with Crippen LogP contribution in [0.15, 0.2) is 36.4 Å². The van der Waals surface area contributed by atoms with Crippen LogP contribution in [0.2, 0.25) is 5.02 Å². The minimum atomic E-state index is -0.429.